The summed E-state index contributed by atoms with van der Waals surface area (Å²) in [5, 5.41) is 1.21. The Balaban J connectivity index is 2.14. The molecule has 3 aromatic rings. The van der Waals surface area contributed by atoms with E-state index in [1.54, 1.807) is 23.8 Å². The normalized spacial score (nSPS) is 12.2. The molecule has 0 radical (unpaired) electrons. The van der Waals surface area contributed by atoms with Gasteiger partial charge in [0.15, 0.2) is 5.16 Å². The Labute approximate surface area is 175 Å². The fourth-order valence-corrected chi connectivity index (χ4v) is 3.94. The molecule has 0 atom stereocenters. The smallest absolute Gasteiger partial charge is 0.266 e. The lowest BCUT2D eigenvalue weighted by Crippen LogP contribution is -2.22. The molecule has 0 spiro atoms. The number of methoxy groups -OCH3 is 1. The second-order valence-corrected chi connectivity index (χ2v) is 7.49. The highest BCUT2D eigenvalue weighted by atomic mass is 32.2. The number of hydrogen-bond donors (Lipinski definition) is 0. The molecule has 0 fully saturated rings. The van der Waals surface area contributed by atoms with Gasteiger partial charge in [0.2, 0.25) is 0 Å². The fraction of sp³-hybridized carbons (Fsp3) is 0.167. The van der Waals surface area contributed by atoms with E-state index < -0.39 is 0 Å². The van der Waals surface area contributed by atoms with Crippen molar-refractivity contribution in [3.05, 3.63) is 101 Å². The molecule has 1 heterocycles. The lowest BCUT2D eigenvalue weighted by atomic mass is 10.1. The van der Waals surface area contributed by atoms with Crippen LogP contribution in [-0.4, -0.2) is 16.7 Å². The Morgan fingerprint density at radius 3 is 2.62 bits per heavy atom. The minimum atomic E-state index is -0.113. The predicted molar refractivity (Wildman–Crippen MR) is 122 cm³/mol. The van der Waals surface area contributed by atoms with E-state index >= 15 is 0 Å². The molecule has 0 saturated carbocycles. The third kappa shape index (κ3) is 4.69. The zero-order valence-electron chi connectivity index (χ0n) is 16.9. The molecule has 0 amide bonds. The number of ether oxygens (including phenoxy) is 1. The van der Waals surface area contributed by atoms with Gasteiger partial charge in [0, 0.05) is 5.75 Å². The second kappa shape index (κ2) is 9.43. The summed E-state index contributed by atoms with van der Waals surface area (Å²) in [5.74, 6) is 1.45. The van der Waals surface area contributed by atoms with Gasteiger partial charge >= 0.3 is 0 Å². The monoisotopic (exact) mass is 404 g/mol. The maximum atomic E-state index is 13.3. The molecule has 4 nitrogen and oxygen atoms in total. The van der Waals surface area contributed by atoms with Gasteiger partial charge in [-0.15, -0.1) is 0 Å². The average molecular weight is 405 g/mol. The number of aryl methyl sites for hydroxylation is 1. The molecule has 0 aliphatic carbocycles. The first kappa shape index (κ1) is 20.7. The van der Waals surface area contributed by atoms with Gasteiger partial charge in [-0.1, -0.05) is 54.7 Å². The summed E-state index contributed by atoms with van der Waals surface area (Å²) in [7, 11) is 1.61. The van der Waals surface area contributed by atoms with E-state index in [-0.39, 0.29) is 5.56 Å². The number of nitrogens with zero attached hydrogens (tertiary/aromatic N) is 2. The highest BCUT2D eigenvalue weighted by Gasteiger charge is 2.14. The largest absolute Gasteiger partial charge is 0.501 e. The second-order valence-electron chi connectivity index (χ2n) is 6.54. The van der Waals surface area contributed by atoms with Crippen molar-refractivity contribution in [2.75, 3.05) is 7.11 Å². The summed E-state index contributed by atoms with van der Waals surface area (Å²) in [6.45, 7) is 7.84. The van der Waals surface area contributed by atoms with Crippen molar-refractivity contribution in [1.82, 2.24) is 9.55 Å². The van der Waals surface area contributed by atoms with Crippen LogP contribution < -0.4 is 5.56 Å². The zero-order chi connectivity index (χ0) is 20.8. The van der Waals surface area contributed by atoms with Crippen LogP contribution in [0.15, 0.2) is 89.0 Å². The van der Waals surface area contributed by atoms with Crippen molar-refractivity contribution >= 4 is 28.4 Å². The van der Waals surface area contributed by atoms with Gasteiger partial charge in [-0.3, -0.25) is 9.36 Å². The van der Waals surface area contributed by atoms with Crippen LogP contribution in [0.1, 0.15) is 18.1 Å². The van der Waals surface area contributed by atoms with Crippen LogP contribution in [0, 0.1) is 6.92 Å². The van der Waals surface area contributed by atoms with Crippen LogP contribution in [0.4, 0.5) is 0 Å². The van der Waals surface area contributed by atoms with Crippen LogP contribution in [0.3, 0.4) is 0 Å². The van der Waals surface area contributed by atoms with Crippen LogP contribution >= 0.6 is 11.8 Å². The standard InChI is InChI=1S/C24H24N2O2S/c1-5-20(15-14-18(3)28-4)26-23(27)21-12-8-9-13-22(21)25-24(26)29-16-19-11-7-6-10-17(19)2/h5-15H,1,16H2,2-4H3. The molecule has 0 N–H and O–H groups in total. The van der Waals surface area contributed by atoms with E-state index in [0.717, 1.165) is 11.5 Å². The third-order valence-corrected chi connectivity index (χ3v) is 5.63. The molecule has 0 aliphatic heterocycles. The zero-order valence-corrected chi connectivity index (χ0v) is 17.7. The van der Waals surface area contributed by atoms with Gasteiger partial charge in [0.25, 0.3) is 5.56 Å². The third-order valence-electron chi connectivity index (χ3n) is 4.64. The van der Waals surface area contributed by atoms with Gasteiger partial charge < -0.3 is 4.74 Å². The van der Waals surface area contributed by atoms with Gasteiger partial charge in [-0.25, -0.2) is 4.98 Å². The molecule has 0 saturated heterocycles. The van der Waals surface area contributed by atoms with Gasteiger partial charge in [0.05, 0.1) is 29.5 Å². The summed E-state index contributed by atoms with van der Waals surface area (Å²) in [6, 6.07) is 15.6. The summed E-state index contributed by atoms with van der Waals surface area (Å²) in [5.41, 5.74) is 3.65. The Kier molecular flexibility index (Phi) is 6.73. The molecule has 0 unspecified atom stereocenters. The van der Waals surface area contributed by atoms with Crippen molar-refractivity contribution in [2.45, 2.75) is 24.8 Å². The minimum absolute atomic E-state index is 0.113. The molecule has 5 heteroatoms. The molecule has 0 bridgehead atoms. The first-order chi connectivity index (χ1) is 14.0. The first-order valence-corrected chi connectivity index (χ1v) is 10.3. The predicted octanol–water partition coefficient (Wildman–Crippen LogP) is 5.57. The van der Waals surface area contributed by atoms with Gasteiger partial charge in [0.1, 0.15) is 0 Å². The van der Waals surface area contributed by atoms with E-state index in [0.29, 0.717) is 21.8 Å². The van der Waals surface area contributed by atoms with E-state index in [2.05, 4.69) is 25.6 Å². The van der Waals surface area contributed by atoms with Crippen LogP contribution in [0.5, 0.6) is 0 Å². The number of aromatic nitrogens is 2. The fourth-order valence-electron chi connectivity index (χ4n) is 2.86. The molecule has 148 valence electrons. The lowest BCUT2D eigenvalue weighted by Gasteiger charge is -2.14. The highest BCUT2D eigenvalue weighted by Crippen LogP contribution is 2.26. The van der Waals surface area contributed by atoms with Gasteiger partial charge in [-0.2, -0.15) is 0 Å². The Bertz CT molecular complexity index is 1160. The maximum Gasteiger partial charge on any atom is 0.266 e. The lowest BCUT2D eigenvalue weighted by molar-refractivity contribution is 0.294. The summed E-state index contributed by atoms with van der Waals surface area (Å²) >= 11 is 1.54. The van der Waals surface area contributed by atoms with Crippen molar-refractivity contribution in [3.8, 4) is 0 Å². The molecule has 29 heavy (non-hydrogen) atoms. The Hall–Kier alpha value is -3.05. The Morgan fingerprint density at radius 2 is 1.90 bits per heavy atom. The molecular formula is C24H24N2O2S. The maximum absolute atomic E-state index is 13.3. The first-order valence-electron chi connectivity index (χ1n) is 9.29. The van der Waals surface area contributed by atoms with Crippen LogP contribution in [0.25, 0.3) is 16.6 Å². The average Bonchev–Trinajstić information content (AvgIpc) is 2.74. The quantitative estimate of drug-likeness (QED) is 0.223. The number of hydrogen-bond acceptors (Lipinski definition) is 4. The van der Waals surface area contributed by atoms with Crippen LogP contribution in [-0.2, 0) is 10.5 Å². The number of fused-ring (bicyclic) bond motifs is 1. The van der Waals surface area contributed by atoms with E-state index in [9.17, 15) is 4.79 Å². The Morgan fingerprint density at radius 1 is 1.17 bits per heavy atom. The van der Waals surface area contributed by atoms with Crippen molar-refractivity contribution < 1.29 is 4.74 Å². The van der Waals surface area contributed by atoms with E-state index in [1.807, 2.05) is 49.4 Å². The number of allylic oxidation sites excluding steroid dienone is 5. The topological polar surface area (TPSA) is 44.1 Å². The molecule has 0 aliphatic rings. The summed E-state index contributed by atoms with van der Waals surface area (Å²) in [4.78, 5) is 18.1. The van der Waals surface area contributed by atoms with Gasteiger partial charge in [-0.05, 0) is 55.3 Å². The molecule has 1 aromatic heterocycles. The number of thioether (sulfide) groups is 1. The summed E-state index contributed by atoms with van der Waals surface area (Å²) < 4.78 is 6.83. The van der Waals surface area contributed by atoms with E-state index in [1.165, 1.54) is 22.9 Å². The SMILES string of the molecule is C=CC(=CC=C(C)OC)n1c(SCc2ccccc2C)nc2ccccc2c1=O. The summed E-state index contributed by atoms with van der Waals surface area (Å²) in [6.07, 6.45) is 5.30. The van der Waals surface area contributed by atoms with Crippen LogP contribution in [0.2, 0.25) is 0 Å². The number of benzene rings is 2. The minimum Gasteiger partial charge on any atom is -0.501 e. The molecular weight excluding hydrogens is 380 g/mol. The van der Waals surface area contributed by atoms with Crippen molar-refractivity contribution in [2.24, 2.45) is 0 Å². The highest BCUT2D eigenvalue weighted by molar-refractivity contribution is 7.98. The number of rotatable bonds is 7. The molecule has 2 aromatic carbocycles. The number of para-hydroxylation sites is 1. The molecule has 3 rings (SSSR count). The van der Waals surface area contributed by atoms with Crippen molar-refractivity contribution in [1.29, 1.82) is 0 Å². The van der Waals surface area contributed by atoms with Crippen molar-refractivity contribution in [3.63, 3.8) is 0 Å². The van der Waals surface area contributed by atoms with E-state index in [4.69, 9.17) is 9.72 Å².